The Kier molecular flexibility index (Phi) is 5.69. The zero-order valence-electron chi connectivity index (χ0n) is 12.0. The third-order valence-electron chi connectivity index (χ3n) is 4.65. The minimum atomic E-state index is -4.17. The molecule has 1 unspecified atom stereocenters. The van der Waals surface area contributed by atoms with Gasteiger partial charge in [-0.15, -0.1) is 0 Å². The molecule has 2 heterocycles. The molecule has 0 aromatic carbocycles. The normalized spacial score (nSPS) is 25.2. The van der Waals surface area contributed by atoms with Gasteiger partial charge in [-0.25, -0.2) is 0 Å². The zero-order chi connectivity index (χ0) is 14.6. The van der Waals surface area contributed by atoms with E-state index in [1.165, 1.54) is 25.9 Å². The predicted octanol–water partition coefficient (Wildman–Crippen LogP) is 1.93. The predicted molar refractivity (Wildman–Crippen MR) is 73.4 cm³/mol. The van der Waals surface area contributed by atoms with Crippen LogP contribution in [0.15, 0.2) is 0 Å². The van der Waals surface area contributed by atoms with E-state index in [-0.39, 0.29) is 13.1 Å². The first-order chi connectivity index (χ1) is 9.49. The van der Waals surface area contributed by atoms with Gasteiger partial charge in [0.15, 0.2) is 0 Å². The fraction of sp³-hybridized carbons (Fsp3) is 1.00. The lowest BCUT2D eigenvalue weighted by Crippen LogP contribution is -2.45. The average molecular weight is 293 g/mol. The van der Waals surface area contributed by atoms with Gasteiger partial charge in [0.05, 0.1) is 5.92 Å². The number of likely N-dealkylation sites (tertiary alicyclic amines) is 2. The Hall–Kier alpha value is -0.330. The lowest BCUT2D eigenvalue weighted by Gasteiger charge is -2.35. The Labute approximate surface area is 119 Å². The van der Waals surface area contributed by atoms with E-state index in [9.17, 15) is 13.2 Å². The largest absolute Gasteiger partial charge is 0.394 e. The summed E-state index contributed by atoms with van der Waals surface area (Å²) in [7, 11) is 0. The summed E-state index contributed by atoms with van der Waals surface area (Å²) >= 11 is 0. The number of rotatable bonds is 5. The average Bonchev–Trinajstić information content (AvgIpc) is 2.89. The molecule has 2 N–H and O–H groups in total. The van der Waals surface area contributed by atoms with Crippen LogP contribution in [0, 0.1) is 11.8 Å². The molecule has 0 aromatic rings. The van der Waals surface area contributed by atoms with E-state index in [0.29, 0.717) is 5.92 Å². The molecule has 0 spiro atoms. The SMILES string of the molecule is NCC(CN1CCC(CN2CCCC2)CC1)C(F)(F)F. The molecule has 0 aromatic heterocycles. The van der Waals surface area contributed by atoms with Gasteiger partial charge >= 0.3 is 6.18 Å². The van der Waals surface area contributed by atoms with Crippen LogP contribution in [0.25, 0.3) is 0 Å². The summed E-state index contributed by atoms with van der Waals surface area (Å²) in [5, 5.41) is 0. The maximum absolute atomic E-state index is 12.7. The molecular formula is C14H26F3N3. The van der Waals surface area contributed by atoms with Crippen molar-refractivity contribution in [1.29, 1.82) is 0 Å². The number of halogens is 3. The van der Waals surface area contributed by atoms with Crippen molar-refractivity contribution < 1.29 is 13.2 Å². The van der Waals surface area contributed by atoms with E-state index < -0.39 is 12.1 Å². The maximum Gasteiger partial charge on any atom is 0.394 e. The van der Waals surface area contributed by atoms with Crippen molar-refractivity contribution in [1.82, 2.24) is 9.80 Å². The first-order valence-corrected chi connectivity index (χ1v) is 7.70. The Morgan fingerprint density at radius 3 is 2.10 bits per heavy atom. The van der Waals surface area contributed by atoms with Crippen molar-refractivity contribution in [3.05, 3.63) is 0 Å². The van der Waals surface area contributed by atoms with Crippen LogP contribution < -0.4 is 5.73 Å². The van der Waals surface area contributed by atoms with E-state index in [1.54, 1.807) is 0 Å². The van der Waals surface area contributed by atoms with Crippen LogP contribution in [0.4, 0.5) is 13.2 Å². The topological polar surface area (TPSA) is 32.5 Å². The smallest absolute Gasteiger partial charge is 0.330 e. The van der Waals surface area contributed by atoms with Gasteiger partial charge in [0.25, 0.3) is 0 Å². The molecule has 2 rings (SSSR count). The monoisotopic (exact) mass is 293 g/mol. The molecule has 20 heavy (non-hydrogen) atoms. The summed E-state index contributed by atoms with van der Waals surface area (Å²) in [5.74, 6) is -0.718. The van der Waals surface area contributed by atoms with Gasteiger partial charge in [-0.3, -0.25) is 0 Å². The van der Waals surface area contributed by atoms with Gasteiger partial charge in [-0.2, -0.15) is 13.2 Å². The van der Waals surface area contributed by atoms with Gasteiger partial charge in [0, 0.05) is 19.6 Å². The number of piperidine rings is 1. The summed E-state index contributed by atoms with van der Waals surface area (Å²) in [6, 6.07) is 0. The molecule has 2 aliphatic heterocycles. The van der Waals surface area contributed by atoms with Gasteiger partial charge in [-0.05, 0) is 57.8 Å². The molecule has 3 nitrogen and oxygen atoms in total. The number of nitrogens with two attached hydrogens (primary N) is 1. The van der Waals surface area contributed by atoms with Crippen molar-refractivity contribution in [3.63, 3.8) is 0 Å². The van der Waals surface area contributed by atoms with E-state index in [2.05, 4.69) is 4.90 Å². The van der Waals surface area contributed by atoms with Crippen LogP contribution in [-0.4, -0.2) is 61.8 Å². The number of hydrogen-bond acceptors (Lipinski definition) is 3. The van der Waals surface area contributed by atoms with Crippen molar-refractivity contribution in [2.24, 2.45) is 17.6 Å². The molecule has 1 atom stereocenters. The molecule has 0 saturated carbocycles. The van der Waals surface area contributed by atoms with Crippen molar-refractivity contribution in [2.45, 2.75) is 31.9 Å². The standard InChI is InChI=1S/C14H26F3N3/c15-14(16,17)13(9-18)11-20-7-3-12(4-8-20)10-19-5-1-2-6-19/h12-13H,1-11,18H2. The summed E-state index contributed by atoms with van der Waals surface area (Å²) in [5.41, 5.74) is 5.26. The Balaban J connectivity index is 1.70. The zero-order valence-corrected chi connectivity index (χ0v) is 12.0. The van der Waals surface area contributed by atoms with Crippen LogP contribution >= 0.6 is 0 Å². The van der Waals surface area contributed by atoms with Crippen LogP contribution in [0.5, 0.6) is 0 Å². The van der Waals surface area contributed by atoms with Crippen LogP contribution in [0.2, 0.25) is 0 Å². The molecule has 2 aliphatic rings. The van der Waals surface area contributed by atoms with Crippen LogP contribution in [0.1, 0.15) is 25.7 Å². The van der Waals surface area contributed by atoms with Gasteiger partial charge in [0.1, 0.15) is 0 Å². The van der Waals surface area contributed by atoms with Crippen molar-refractivity contribution in [2.75, 3.05) is 45.8 Å². The summed E-state index contributed by atoms with van der Waals surface area (Å²) in [4.78, 5) is 4.43. The third-order valence-corrected chi connectivity index (χ3v) is 4.65. The van der Waals surface area contributed by atoms with E-state index >= 15 is 0 Å². The van der Waals surface area contributed by atoms with Gasteiger partial charge in [0.2, 0.25) is 0 Å². The highest BCUT2D eigenvalue weighted by Crippen LogP contribution is 2.28. The Bertz CT molecular complexity index is 282. The second-order valence-corrected chi connectivity index (χ2v) is 6.23. The van der Waals surface area contributed by atoms with Crippen molar-refractivity contribution in [3.8, 4) is 0 Å². The minimum Gasteiger partial charge on any atom is -0.330 e. The first kappa shape index (κ1) is 16.0. The fourth-order valence-electron chi connectivity index (χ4n) is 3.31. The molecule has 118 valence electrons. The van der Waals surface area contributed by atoms with E-state index in [0.717, 1.165) is 32.5 Å². The molecular weight excluding hydrogens is 267 g/mol. The lowest BCUT2D eigenvalue weighted by atomic mass is 9.95. The summed E-state index contributed by atoms with van der Waals surface area (Å²) in [6.45, 7) is 4.85. The summed E-state index contributed by atoms with van der Waals surface area (Å²) in [6.07, 6.45) is 0.462. The highest BCUT2D eigenvalue weighted by molar-refractivity contribution is 4.80. The molecule has 6 heteroatoms. The van der Waals surface area contributed by atoms with Gasteiger partial charge < -0.3 is 15.5 Å². The van der Waals surface area contributed by atoms with Crippen LogP contribution in [0.3, 0.4) is 0 Å². The van der Waals surface area contributed by atoms with E-state index in [1.807, 2.05) is 4.90 Å². The second-order valence-electron chi connectivity index (χ2n) is 6.23. The summed E-state index contributed by atoms with van der Waals surface area (Å²) < 4.78 is 38.1. The lowest BCUT2D eigenvalue weighted by molar-refractivity contribution is -0.177. The minimum absolute atomic E-state index is 0.0659. The molecule has 0 amide bonds. The number of hydrogen-bond donors (Lipinski definition) is 1. The molecule has 0 radical (unpaired) electrons. The highest BCUT2D eigenvalue weighted by Gasteiger charge is 2.39. The van der Waals surface area contributed by atoms with Crippen LogP contribution in [-0.2, 0) is 0 Å². The van der Waals surface area contributed by atoms with Crippen molar-refractivity contribution >= 4 is 0 Å². The van der Waals surface area contributed by atoms with E-state index in [4.69, 9.17) is 5.73 Å². The molecule has 0 bridgehead atoms. The molecule has 2 saturated heterocycles. The van der Waals surface area contributed by atoms with Gasteiger partial charge in [-0.1, -0.05) is 0 Å². The Morgan fingerprint density at radius 1 is 1.00 bits per heavy atom. The maximum atomic E-state index is 12.7. The molecule has 2 fully saturated rings. The third kappa shape index (κ3) is 4.60. The Morgan fingerprint density at radius 2 is 1.60 bits per heavy atom. The number of alkyl halides is 3. The first-order valence-electron chi connectivity index (χ1n) is 7.70. The second kappa shape index (κ2) is 7.09. The molecule has 0 aliphatic carbocycles. The fourth-order valence-corrected chi connectivity index (χ4v) is 3.31. The number of nitrogens with zero attached hydrogens (tertiary/aromatic N) is 2. The quantitative estimate of drug-likeness (QED) is 0.841. The highest BCUT2D eigenvalue weighted by atomic mass is 19.4.